The normalized spacial score (nSPS) is 13.5. The van der Waals surface area contributed by atoms with Crippen LogP contribution in [0.1, 0.15) is 25.6 Å². The number of rotatable bonds is 3. The molecule has 1 atom stereocenters. The Balaban J connectivity index is 0.00000144. The van der Waals surface area contributed by atoms with Crippen LogP contribution in [0.2, 0.25) is 0 Å². The van der Waals surface area contributed by atoms with E-state index in [4.69, 9.17) is 15.3 Å². The first-order valence-corrected chi connectivity index (χ1v) is 3.98. The van der Waals surface area contributed by atoms with Crippen molar-refractivity contribution in [3.05, 3.63) is 24.2 Å². The van der Waals surface area contributed by atoms with Gasteiger partial charge in [0.05, 0.1) is 18.9 Å². The van der Waals surface area contributed by atoms with E-state index in [0.717, 1.165) is 0 Å². The predicted molar refractivity (Wildman–Crippen MR) is 53.8 cm³/mol. The van der Waals surface area contributed by atoms with Crippen LogP contribution in [0, 0.1) is 5.41 Å². The summed E-state index contributed by atoms with van der Waals surface area (Å²) in [5.74, 6) is 0.717. The maximum atomic E-state index is 9.04. The van der Waals surface area contributed by atoms with E-state index in [9.17, 15) is 0 Å². The summed E-state index contributed by atoms with van der Waals surface area (Å²) in [6.45, 7) is 3.86. The van der Waals surface area contributed by atoms with Crippen molar-refractivity contribution >= 4 is 12.4 Å². The van der Waals surface area contributed by atoms with Gasteiger partial charge in [0.25, 0.3) is 0 Å². The summed E-state index contributed by atoms with van der Waals surface area (Å²) in [7, 11) is 0. The Labute approximate surface area is 84.3 Å². The van der Waals surface area contributed by atoms with Gasteiger partial charge >= 0.3 is 0 Å². The maximum absolute atomic E-state index is 9.04. The van der Waals surface area contributed by atoms with Crippen molar-refractivity contribution < 1.29 is 9.52 Å². The quantitative estimate of drug-likeness (QED) is 0.790. The highest BCUT2D eigenvalue weighted by Gasteiger charge is 2.28. The molecule has 0 saturated carbocycles. The van der Waals surface area contributed by atoms with Crippen molar-refractivity contribution in [2.24, 2.45) is 11.1 Å². The number of furan rings is 1. The topological polar surface area (TPSA) is 59.4 Å². The van der Waals surface area contributed by atoms with Crippen LogP contribution in [0.4, 0.5) is 0 Å². The van der Waals surface area contributed by atoms with Crippen LogP contribution in [0.3, 0.4) is 0 Å². The lowest BCUT2D eigenvalue weighted by molar-refractivity contribution is 0.123. The van der Waals surface area contributed by atoms with Gasteiger partial charge in [-0.1, -0.05) is 13.8 Å². The van der Waals surface area contributed by atoms with E-state index < -0.39 is 0 Å². The summed E-state index contributed by atoms with van der Waals surface area (Å²) in [5, 5.41) is 9.04. The molecule has 0 aliphatic carbocycles. The molecule has 0 spiro atoms. The largest absolute Gasteiger partial charge is 0.468 e. The van der Waals surface area contributed by atoms with Crippen molar-refractivity contribution in [3.8, 4) is 0 Å². The SMILES string of the molecule is CC(C)(CO)[C@@H](N)c1ccco1.Cl. The zero-order chi connectivity index (χ0) is 9.19. The molecule has 1 heterocycles. The zero-order valence-electron chi connectivity index (χ0n) is 7.86. The average Bonchev–Trinajstić information content (AvgIpc) is 2.55. The van der Waals surface area contributed by atoms with Gasteiger partial charge in [-0.15, -0.1) is 12.4 Å². The molecule has 0 unspecified atom stereocenters. The molecule has 1 rings (SSSR count). The smallest absolute Gasteiger partial charge is 0.121 e. The van der Waals surface area contributed by atoms with Crippen LogP contribution in [-0.2, 0) is 0 Å². The van der Waals surface area contributed by atoms with Gasteiger partial charge in [0.1, 0.15) is 5.76 Å². The summed E-state index contributed by atoms with van der Waals surface area (Å²) in [5.41, 5.74) is 5.54. The second kappa shape index (κ2) is 4.65. The van der Waals surface area contributed by atoms with Crippen LogP contribution >= 0.6 is 12.4 Å². The molecule has 1 aromatic rings. The van der Waals surface area contributed by atoms with Crippen LogP contribution in [0.15, 0.2) is 22.8 Å². The standard InChI is InChI=1S/C9H15NO2.ClH/c1-9(2,6-11)8(10)7-4-3-5-12-7;/h3-5,8,11H,6,10H2,1-2H3;1H/t8-;/m0./s1. The Kier molecular flexibility index (Phi) is 4.47. The molecule has 13 heavy (non-hydrogen) atoms. The third kappa shape index (κ3) is 2.72. The summed E-state index contributed by atoms with van der Waals surface area (Å²) in [6, 6.07) is 3.36. The summed E-state index contributed by atoms with van der Waals surface area (Å²) >= 11 is 0. The highest BCUT2D eigenvalue weighted by atomic mass is 35.5. The molecule has 0 bridgehead atoms. The first-order chi connectivity index (χ1) is 5.58. The van der Waals surface area contributed by atoms with Crippen LogP contribution < -0.4 is 5.73 Å². The second-order valence-electron chi connectivity index (χ2n) is 3.64. The molecule has 0 fully saturated rings. The zero-order valence-corrected chi connectivity index (χ0v) is 8.67. The van der Waals surface area contributed by atoms with Gasteiger partial charge in [0.15, 0.2) is 0 Å². The van der Waals surface area contributed by atoms with Gasteiger partial charge in [0.2, 0.25) is 0 Å². The van der Waals surface area contributed by atoms with Gasteiger partial charge in [0, 0.05) is 5.41 Å². The van der Waals surface area contributed by atoms with E-state index in [2.05, 4.69) is 0 Å². The van der Waals surface area contributed by atoms with Crippen LogP contribution in [-0.4, -0.2) is 11.7 Å². The first kappa shape index (κ1) is 12.5. The minimum Gasteiger partial charge on any atom is -0.468 e. The van der Waals surface area contributed by atoms with E-state index in [1.807, 2.05) is 19.9 Å². The van der Waals surface area contributed by atoms with Gasteiger partial charge in [-0.3, -0.25) is 0 Å². The number of aliphatic hydroxyl groups is 1. The molecular weight excluding hydrogens is 190 g/mol. The van der Waals surface area contributed by atoms with Gasteiger partial charge in [-0.05, 0) is 12.1 Å². The predicted octanol–water partition coefficient (Wildman–Crippen LogP) is 1.72. The van der Waals surface area contributed by atoms with Gasteiger partial charge < -0.3 is 15.3 Å². The molecule has 3 nitrogen and oxygen atoms in total. The van der Waals surface area contributed by atoms with E-state index in [1.165, 1.54) is 0 Å². The minimum atomic E-state index is -0.335. The third-order valence-corrected chi connectivity index (χ3v) is 2.10. The van der Waals surface area contributed by atoms with Crippen molar-refractivity contribution in [1.29, 1.82) is 0 Å². The Morgan fingerprint density at radius 2 is 2.23 bits per heavy atom. The Morgan fingerprint density at radius 3 is 2.62 bits per heavy atom. The number of hydrogen-bond acceptors (Lipinski definition) is 3. The Hall–Kier alpha value is -0.510. The highest BCUT2D eigenvalue weighted by molar-refractivity contribution is 5.85. The maximum Gasteiger partial charge on any atom is 0.121 e. The molecular formula is C9H16ClNO2. The van der Waals surface area contributed by atoms with Crippen molar-refractivity contribution in [3.63, 3.8) is 0 Å². The van der Waals surface area contributed by atoms with Gasteiger partial charge in [-0.2, -0.15) is 0 Å². The summed E-state index contributed by atoms with van der Waals surface area (Å²) < 4.78 is 5.15. The molecule has 0 saturated heterocycles. The lowest BCUT2D eigenvalue weighted by Gasteiger charge is -2.27. The monoisotopic (exact) mass is 205 g/mol. The van der Waals surface area contributed by atoms with E-state index >= 15 is 0 Å². The first-order valence-electron chi connectivity index (χ1n) is 3.98. The van der Waals surface area contributed by atoms with Crippen LogP contribution in [0.25, 0.3) is 0 Å². The van der Waals surface area contributed by atoms with E-state index in [-0.39, 0.29) is 30.5 Å². The molecule has 0 radical (unpaired) electrons. The number of aliphatic hydroxyl groups excluding tert-OH is 1. The molecule has 1 aromatic heterocycles. The molecule has 3 N–H and O–H groups in total. The van der Waals surface area contributed by atoms with Crippen molar-refractivity contribution in [1.82, 2.24) is 0 Å². The average molecular weight is 206 g/mol. The van der Waals surface area contributed by atoms with Gasteiger partial charge in [-0.25, -0.2) is 0 Å². The Bertz CT molecular complexity index is 234. The number of nitrogens with two attached hydrogens (primary N) is 1. The van der Waals surface area contributed by atoms with Crippen molar-refractivity contribution in [2.75, 3.05) is 6.61 Å². The fourth-order valence-corrected chi connectivity index (χ4v) is 0.952. The van der Waals surface area contributed by atoms with E-state index in [0.29, 0.717) is 5.76 Å². The molecule has 0 aliphatic rings. The lowest BCUT2D eigenvalue weighted by atomic mass is 9.84. The fourth-order valence-electron chi connectivity index (χ4n) is 0.952. The van der Waals surface area contributed by atoms with Crippen molar-refractivity contribution in [2.45, 2.75) is 19.9 Å². The molecule has 0 amide bonds. The summed E-state index contributed by atoms with van der Waals surface area (Å²) in [6.07, 6.45) is 1.59. The Morgan fingerprint density at radius 1 is 1.62 bits per heavy atom. The number of hydrogen-bond donors (Lipinski definition) is 2. The highest BCUT2D eigenvalue weighted by Crippen LogP contribution is 2.30. The third-order valence-electron chi connectivity index (χ3n) is 2.10. The minimum absolute atomic E-state index is 0. The second-order valence-corrected chi connectivity index (χ2v) is 3.64. The number of halogens is 1. The van der Waals surface area contributed by atoms with Crippen LogP contribution in [0.5, 0.6) is 0 Å². The molecule has 0 aliphatic heterocycles. The molecule has 0 aromatic carbocycles. The lowest BCUT2D eigenvalue weighted by Crippen LogP contribution is -2.32. The molecule has 4 heteroatoms. The van der Waals surface area contributed by atoms with E-state index in [1.54, 1.807) is 12.3 Å². The molecule has 76 valence electrons. The summed E-state index contributed by atoms with van der Waals surface area (Å²) in [4.78, 5) is 0. The fraction of sp³-hybridized carbons (Fsp3) is 0.556.